The fourth-order valence-corrected chi connectivity index (χ4v) is 7.00. The standard InChI is InChI=1S/C45H89NO4.C2H6O.C2H6/c1-5-9-12-15-17-18-19-28-35-42-49-44(47)38-31-24-20-26-33-40-46(8-4)41-34-27-21-25-32-39-45(48)50-43(36-29-22-14-11-7-3)37-30-23-16-13-10-6-2;1-2-3;1-2/h43H,5-42H2,1-4H3;3H,2H2,1H3;1-2H3. The van der Waals surface area contributed by atoms with Crippen molar-refractivity contribution >= 4 is 11.9 Å². The van der Waals surface area contributed by atoms with Gasteiger partial charge in [0.05, 0.1) is 6.61 Å². The van der Waals surface area contributed by atoms with Gasteiger partial charge < -0.3 is 19.5 Å². The van der Waals surface area contributed by atoms with E-state index in [9.17, 15) is 9.59 Å². The number of hydrogen-bond acceptors (Lipinski definition) is 6. The molecule has 0 fully saturated rings. The van der Waals surface area contributed by atoms with Crippen molar-refractivity contribution in [2.45, 2.75) is 273 Å². The summed E-state index contributed by atoms with van der Waals surface area (Å²) in [5, 5.41) is 7.57. The largest absolute Gasteiger partial charge is 0.466 e. The highest BCUT2D eigenvalue weighted by Gasteiger charge is 2.14. The van der Waals surface area contributed by atoms with Gasteiger partial charge >= 0.3 is 11.9 Å². The fraction of sp³-hybridized carbons (Fsp3) is 0.959. The average molecular weight is 784 g/mol. The van der Waals surface area contributed by atoms with Crippen molar-refractivity contribution in [3.63, 3.8) is 0 Å². The molecule has 0 aromatic heterocycles. The fourth-order valence-electron chi connectivity index (χ4n) is 7.00. The lowest BCUT2D eigenvalue weighted by molar-refractivity contribution is -0.150. The first kappa shape index (κ1) is 58.2. The molecule has 0 spiro atoms. The molecule has 0 aromatic rings. The topological polar surface area (TPSA) is 76.1 Å². The second-order valence-corrected chi connectivity index (χ2v) is 15.7. The molecule has 1 N–H and O–H groups in total. The van der Waals surface area contributed by atoms with Crippen LogP contribution in [-0.4, -0.2) is 60.9 Å². The summed E-state index contributed by atoms with van der Waals surface area (Å²) < 4.78 is 11.5. The van der Waals surface area contributed by atoms with Crippen LogP contribution in [0.25, 0.3) is 0 Å². The molecule has 0 saturated heterocycles. The van der Waals surface area contributed by atoms with E-state index in [1.165, 1.54) is 174 Å². The van der Waals surface area contributed by atoms with Gasteiger partial charge in [0, 0.05) is 19.4 Å². The van der Waals surface area contributed by atoms with Crippen molar-refractivity contribution in [3.05, 3.63) is 0 Å². The van der Waals surface area contributed by atoms with Gasteiger partial charge in [-0.2, -0.15) is 0 Å². The number of aliphatic hydroxyl groups is 1. The van der Waals surface area contributed by atoms with Crippen LogP contribution in [0.1, 0.15) is 267 Å². The number of hydrogen-bond donors (Lipinski definition) is 1. The Morgan fingerprint density at radius 2 is 0.782 bits per heavy atom. The van der Waals surface area contributed by atoms with Gasteiger partial charge in [0.25, 0.3) is 0 Å². The summed E-state index contributed by atoms with van der Waals surface area (Å²) in [5.41, 5.74) is 0. The van der Waals surface area contributed by atoms with Gasteiger partial charge in [0.15, 0.2) is 0 Å². The van der Waals surface area contributed by atoms with E-state index in [2.05, 4.69) is 32.6 Å². The van der Waals surface area contributed by atoms with Crippen LogP contribution >= 0.6 is 0 Å². The van der Waals surface area contributed by atoms with E-state index in [4.69, 9.17) is 14.6 Å². The molecule has 0 aliphatic rings. The molecule has 55 heavy (non-hydrogen) atoms. The molecule has 0 amide bonds. The molecular weight excluding hydrogens is 683 g/mol. The second kappa shape index (κ2) is 52.9. The summed E-state index contributed by atoms with van der Waals surface area (Å²) in [4.78, 5) is 27.3. The summed E-state index contributed by atoms with van der Waals surface area (Å²) in [5.74, 6) is 0.0357. The molecule has 0 aromatic carbocycles. The van der Waals surface area contributed by atoms with E-state index in [0.29, 0.717) is 19.4 Å². The number of unbranched alkanes of at least 4 members (excludes halogenated alkanes) is 25. The third kappa shape index (κ3) is 50.8. The molecule has 0 saturated carbocycles. The van der Waals surface area contributed by atoms with Crippen LogP contribution in [0.15, 0.2) is 0 Å². The number of rotatable bonds is 41. The highest BCUT2D eigenvalue weighted by Crippen LogP contribution is 2.18. The lowest BCUT2D eigenvalue weighted by Crippen LogP contribution is -2.25. The Kier molecular flexibility index (Phi) is 55.9. The lowest BCUT2D eigenvalue weighted by Gasteiger charge is -2.20. The van der Waals surface area contributed by atoms with Crippen LogP contribution in [-0.2, 0) is 19.1 Å². The smallest absolute Gasteiger partial charge is 0.306 e. The number of carbonyl (C=O) groups excluding carboxylic acids is 2. The van der Waals surface area contributed by atoms with Crippen LogP contribution in [0.5, 0.6) is 0 Å². The molecule has 332 valence electrons. The number of esters is 2. The van der Waals surface area contributed by atoms with Gasteiger partial charge in [0.2, 0.25) is 0 Å². The monoisotopic (exact) mass is 784 g/mol. The van der Waals surface area contributed by atoms with Gasteiger partial charge in [-0.15, -0.1) is 0 Å². The van der Waals surface area contributed by atoms with E-state index in [1.54, 1.807) is 6.92 Å². The van der Waals surface area contributed by atoms with Gasteiger partial charge in [0.1, 0.15) is 6.10 Å². The zero-order valence-electron chi connectivity index (χ0n) is 38.7. The summed E-state index contributed by atoms with van der Waals surface area (Å²) >= 11 is 0. The molecule has 6 heteroatoms. The van der Waals surface area contributed by atoms with Crippen molar-refractivity contribution < 1.29 is 24.2 Å². The van der Waals surface area contributed by atoms with E-state index in [1.807, 2.05) is 13.8 Å². The number of carbonyl (C=O) groups is 2. The number of ether oxygens (including phenoxy) is 2. The average Bonchev–Trinajstić information content (AvgIpc) is 3.19. The maximum Gasteiger partial charge on any atom is 0.306 e. The van der Waals surface area contributed by atoms with Crippen LogP contribution in [0.2, 0.25) is 0 Å². The number of nitrogens with zero attached hydrogens (tertiary/aromatic N) is 1. The SMILES string of the molecule is CC.CCCCCCCCCCCOC(=O)CCCCCCCN(CC)CCCCCCCC(=O)OC(CCCCCCC)CCCCCCCC.CCO. The Hall–Kier alpha value is -1.14. The molecular formula is C49H101NO5. The van der Waals surface area contributed by atoms with Gasteiger partial charge in [-0.3, -0.25) is 9.59 Å². The van der Waals surface area contributed by atoms with Gasteiger partial charge in [-0.05, 0) is 84.3 Å². The highest BCUT2D eigenvalue weighted by molar-refractivity contribution is 5.69. The minimum atomic E-state index is -0.00223. The van der Waals surface area contributed by atoms with Crippen molar-refractivity contribution in [1.29, 1.82) is 0 Å². The molecule has 1 atom stereocenters. The minimum absolute atomic E-state index is 0.00223. The Bertz CT molecular complexity index is 717. The zero-order chi connectivity index (χ0) is 41.3. The first-order valence-electron chi connectivity index (χ1n) is 24.7. The molecule has 0 bridgehead atoms. The van der Waals surface area contributed by atoms with Crippen molar-refractivity contribution in [1.82, 2.24) is 4.90 Å². The van der Waals surface area contributed by atoms with Crippen LogP contribution in [0.4, 0.5) is 0 Å². The van der Waals surface area contributed by atoms with Crippen LogP contribution < -0.4 is 0 Å². The first-order chi connectivity index (χ1) is 27.0. The second-order valence-electron chi connectivity index (χ2n) is 15.7. The third-order valence-electron chi connectivity index (χ3n) is 10.5. The third-order valence-corrected chi connectivity index (χ3v) is 10.5. The Labute approximate surface area is 345 Å². The maximum absolute atomic E-state index is 12.6. The van der Waals surface area contributed by atoms with E-state index in [-0.39, 0.29) is 24.6 Å². The molecule has 0 heterocycles. The predicted octanol–water partition coefficient (Wildman–Crippen LogP) is 15.1. The molecule has 0 aliphatic carbocycles. The zero-order valence-corrected chi connectivity index (χ0v) is 38.7. The molecule has 0 radical (unpaired) electrons. The van der Waals surface area contributed by atoms with Gasteiger partial charge in [-0.1, -0.05) is 189 Å². The normalized spacial score (nSPS) is 11.4. The van der Waals surface area contributed by atoms with Crippen molar-refractivity contribution in [2.24, 2.45) is 0 Å². The Morgan fingerprint density at radius 1 is 0.455 bits per heavy atom. The first-order valence-corrected chi connectivity index (χ1v) is 24.7. The maximum atomic E-state index is 12.6. The lowest BCUT2D eigenvalue weighted by atomic mass is 10.0. The summed E-state index contributed by atoms with van der Waals surface area (Å²) in [6, 6.07) is 0. The quantitative estimate of drug-likeness (QED) is 0.0492. The molecule has 0 aliphatic heterocycles. The summed E-state index contributed by atoms with van der Waals surface area (Å²) in [6.07, 6.45) is 40.8. The van der Waals surface area contributed by atoms with E-state index in [0.717, 1.165) is 51.5 Å². The van der Waals surface area contributed by atoms with Crippen molar-refractivity contribution in [2.75, 3.05) is 32.8 Å². The molecule has 0 rings (SSSR count). The van der Waals surface area contributed by atoms with E-state index < -0.39 is 0 Å². The van der Waals surface area contributed by atoms with Crippen molar-refractivity contribution in [3.8, 4) is 0 Å². The van der Waals surface area contributed by atoms with E-state index >= 15 is 0 Å². The molecule has 1 unspecified atom stereocenters. The van der Waals surface area contributed by atoms with Gasteiger partial charge in [-0.25, -0.2) is 0 Å². The summed E-state index contributed by atoms with van der Waals surface area (Å²) in [6.45, 7) is 19.1. The Balaban J connectivity index is -0.00000513. The number of aliphatic hydroxyl groups excluding tert-OH is 1. The molecule has 6 nitrogen and oxygen atoms in total. The van der Waals surface area contributed by atoms with Crippen LogP contribution in [0.3, 0.4) is 0 Å². The predicted molar refractivity (Wildman–Crippen MR) is 241 cm³/mol. The highest BCUT2D eigenvalue weighted by atomic mass is 16.5. The Morgan fingerprint density at radius 3 is 1.18 bits per heavy atom. The minimum Gasteiger partial charge on any atom is -0.466 e. The summed E-state index contributed by atoms with van der Waals surface area (Å²) in [7, 11) is 0. The van der Waals surface area contributed by atoms with Crippen LogP contribution in [0, 0.1) is 0 Å².